The Kier molecular flexibility index (Phi) is 8.47. The number of piperazine rings is 1. The minimum absolute atomic E-state index is 0.323. The van der Waals surface area contributed by atoms with E-state index in [0.717, 1.165) is 58.4 Å². The molecule has 0 N–H and O–H groups in total. The van der Waals surface area contributed by atoms with E-state index >= 15 is 0 Å². The number of unbranched alkanes of at least 4 members (excludes halogenated alkanes) is 4. The summed E-state index contributed by atoms with van der Waals surface area (Å²) >= 11 is 0. The largest absolute Gasteiger partial charge is 0.340 e. The molecule has 0 aromatic carbocycles. The summed E-state index contributed by atoms with van der Waals surface area (Å²) in [4.78, 5) is 26.4. The second kappa shape index (κ2) is 9.96. The van der Waals surface area contributed by atoms with Gasteiger partial charge < -0.3 is 4.90 Å². The van der Waals surface area contributed by atoms with Gasteiger partial charge in [0.25, 0.3) is 0 Å². The van der Waals surface area contributed by atoms with Gasteiger partial charge in [0.1, 0.15) is 0 Å². The molecule has 4 heteroatoms. The summed E-state index contributed by atoms with van der Waals surface area (Å²) in [6.45, 7) is 6.88. The summed E-state index contributed by atoms with van der Waals surface area (Å²) in [5, 5.41) is 0. The van der Waals surface area contributed by atoms with Crippen molar-refractivity contribution in [2.45, 2.75) is 51.9 Å². The highest BCUT2D eigenvalue weighted by atomic mass is 16.2. The first-order chi connectivity index (χ1) is 9.27. The molecular weight excluding hydrogens is 240 g/mol. The minimum Gasteiger partial charge on any atom is -0.340 e. The molecule has 0 saturated carbocycles. The molecule has 0 spiro atoms. The predicted molar refractivity (Wildman–Crippen MR) is 76.7 cm³/mol. The van der Waals surface area contributed by atoms with Crippen molar-refractivity contribution in [3.05, 3.63) is 0 Å². The van der Waals surface area contributed by atoms with Crippen molar-refractivity contribution in [1.82, 2.24) is 9.80 Å². The Morgan fingerprint density at radius 1 is 1.05 bits per heavy atom. The SMILES string of the molecule is CCCCCC(=O)N1CCN(CCCC[C]=O)CC1. The Labute approximate surface area is 117 Å². The zero-order valence-corrected chi connectivity index (χ0v) is 12.2. The Hall–Kier alpha value is -0.900. The predicted octanol–water partition coefficient (Wildman–Crippen LogP) is 1.99. The molecule has 0 bridgehead atoms. The Balaban J connectivity index is 2.10. The Morgan fingerprint density at radius 3 is 2.42 bits per heavy atom. The van der Waals surface area contributed by atoms with Crippen molar-refractivity contribution in [2.75, 3.05) is 32.7 Å². The quantitative estimate of drug-likeness (QED) is 0.600. The van der Waals surface area contributed by atoms with E-state index in [1.165, 1.54) is 6.42 Å². The van der Waals surface area contributed by atoms with Gasteiger partial charge in [0.2, 0.25) is 5.91 Å². The molecule has 1 rings (SSSR count). The molecule has 1 aliphatic heterocycles. The first-order valence-electron chi connectivity index (χ1n) is 7.63. The van der Waals surface area contributed by atoms with Crippen LogP contribution in [-0.4, -0.2) is 54.7 Å². The van der Waals surface area contributed by atoms with Gasteiger partial charge in [-0.1, -0.05) is 19.8 Å². The zero-order chi connectivity index (χ0) is 13.9. The van der Waals surface area contributed by atoms with E-state index in [2.05, 4.69) is 11.8 Å². The lowest BCUT2D eigenvalue weighted by Crippen LogP contribution is -2.48. The molecule has 1 aliphatic rings. The third kappa shape index (κ3) is 6.71. The molecule has 1 radical (unpaired) electrons. The second-order valence-corrected chi connectivity index (χ2v) is 5.28. The van der Waals surface area contributed by atoms with Gasteiger partial charge in [0.15, 0.2) is 6.29 Å². The normalized spacial score (nSPS) is 16.6. The fourth-order valence-corrected chi connectivity index (χ4v) is 2.44. The minimum atomic E-state index is 0.323. The van der Waals surface area contributed by atoms with Crippen LogP contribution in [0.1, 0.15) is 51.9 Å². The summed E-state index contributed by atoms with van der Waals surface area (Å²) in [5.74, 6) is 0.323. The van der Waals surface area contributed by atoms with Crippen LogP contribution < -0.4 is 0 Å². The van der Waals surface area contributed by atoms with Crippen molar-refractivity contribution in [1.29, 1.82) is 0 Å². The van der Waals surface area contributed by atoms with Crippen LogP contribution in [0, 0.1) is 0 Å². The standard InChI is InChI=1S/C15H27N2O2/c1-2-3-5-8-15(19)17-12-10-16(11-13-17)9-6-4-7-14-18/h2-13H2,1H3. The average molecular weight is 267 g/mol. The molecule has 0 unspecified atom stereocenters. The van der Waals surface area contributed by atoms with Crippen LogP contribution in [0.5, 0.6) is 0 Å². The lowest BCUT2D eigenvalue weighted by molar-refractivity contribution is -0.133. The number of hydrogen-bond acceptors (Lipinski definition) is 3. The van der Waals surface area contributed by atoms with Gasteiger partial charge in [-0.2, -0.15) is 0 Å². The highest BCUT2D eigenvalue weighted by Gasteiger charge is 2.19. The molecule has 0 aliphatic carbocycles. The molecule has 0 aromatic heterocycles. The van der Waals surface area contributed by atoms with E-state index in [1.54, 1.807) is 0 Å². The molecule has 19 heavy (non-hydrogen) atoms. The number of carbonyl (C=O) groups is 1. The number of hydrogen-bond donors (Lipinski definition) is 0. The first kappa shape index (κ1) is 16.2. The van der Waals surface area contributed by atoms with Crippen molar-refractivity contribution in [3.63, 3.8) is 0 Å². The van der Waals surface area contributed by atoms with E-state index in [1.807, 2.05) is 11.2 Å². The summed E-state index contributed by atoms with van der Waals surface area (Å²) in [7, 11) is 0. The van der Waals surface area contributed by atoms with E-state index in [-0.39, 0.29) is 0 Å². The summed E-state index contributed by atoms with van der Waals surface area (Å²) < 4.78 is 0. The van der Waals surface area contributed by atoms with Crippen molar-refractivity contribution in [2.24, 2.45) is 0 Å². The van der Waals surface area contributed by atoms with Crippen LogP contribution in [0.4, 0.5) is 0 Å². The highest BCUT2D eigenvalue weighted by Crippen LogP contribution is 2.08. The van der Waals surface area contributed by atoms with Crippen LogP contribution in [0.25, 0.3) is 0 Å². The Morgan fingerprint density at radius 2 is 1.79 bits per heavy atom. The summed E-state index contributed by atoms with van der Waals surface area (Å²) in [6, 6.07) is 0. The molecule has 4 nitrogen and oxygen atoms in total. The van der Waals surface area contributed by atoms with Crippen LogP contribution in [0.15, 0.2) is 0 Å². The number of rotatable bonds is 9. The monoisotopic (exact) mass is 267 g/mol. The van der Waals surface area contributed by atoms with Gasteiger partial charge in [0, 0.05) is 39.0 Å². The number of carbonyl (C=O) groups excluding carboxylic acids is 2. The maximum Gasteiger partial charge on any atom is 0.222 e. The van der Waals surface area contributed by atoms with E-state index in [0.29, 0.717) is 18.7 Å². The van der Waals surface area contributed by atoms with Gasteiger partial charge in [-0.25, -0.2) is 0 Å². The molecular formula is C15H27N2O2. The Bertz CT molecular complexity index is 261. The second-order valence-electron chi connectivity index (χ2n) is 5.28. The molecule has 0 aromatic rings. The smallest absolute Gasteiger partial charge is 0.222 e. The van der Waals surface area contributed by atoms with Crippen LogP contribution in [0.2, 0.25) is 0 Å². The molecule has 1 amide bonds. The van der Waals surface area contributed by atoms with Gasteiger partial charge >= 0.3 is 0 Å². The van der Waals surface area contributed by atoms with Crippen LogP contribution >= 0.6 is 0 Å². The van der Waals surface area contributed by atoms with Crippen molar-refractivity contribution < 1.29 is 9.59 Å². The topological polar surface area (TPSA) is 40.6 Å². The summed E-state index contributed by atoms with van der Waals surface area (Å²) in [6.07, 6.45) is 8.52. The fraction of sp³-hybridized carbons (Fsp3) is 0.867. The molecule has 0 atom stereocenters. The molecule has 1 fully saturated rings. The van der Waals surface area contributed by atoms with Gasteiger partial charge in [-0.05, 0) is 25.8 Å². The van der Waals surface area contributed by atoms with Gasteiger partial charge in [0.05, 0.1) is 0 Å². The maximum absolute atomic E-state index is 11.9. The third-order valence-corrected chi connectivity index (χ3v) is 3.72. The average Bonchev–Trinajstić information content (AvgIpc) is 2.44. The molecule has 1 heterocycles. The van der Waals surface area contributed by atoms with Crippen LogP contribution in [0.3, 0.4) is 0 Å². The first-order valence-corrected chi connectivity index (χ1v) is 7.63. The van der Waals surface area contributed by atoms with Crippen molar-refractivity contribution in [3.8, 4) is 0 Å². The van der Waals surface area contributed by atoms with Gasteiger partial charge in [-0.15, -0.1) is 0 Å². The highest BCUT2D eigenvalue weighted by molar-refractivity contribution is 5.76. The molecule has 1 saturated heterocycles. The molecule has 109 valence electrons. The van der Waals surface area contributed by atoms with Crippen LogP contribution in [-0.2, 0) is 9.59 Å². The van der Waals surface area contributed by atoms with Gasteiger partial charge in [-0.3, -0.25) is 14.5 Å². The van der Waals surface area contributed by atoms with Crippen molar-refractivity contribution >= 4 is 12.2 Å². The van der Waals surface area contributed by atoms with E-state index in [9.17, 15) is 9.59 Å². The number of amides is 1. The summed E-state index contributed by atoms with van der Waals surface area (Å²) in [5.41, 5.74) is 0. The third-order valence-electron chi connectivity index (χ3n) is 3.72. The van der Waals surface area contributed by atoms with E-state index in [4.69, 9.17) is 0 Å². The lowest BCUT2D eigenvalue weighted by atomic mass is 10.1. The maximum atomic E-state index is 11.9. The fourth-order valence-electron chi connectivity index (χ4n) is 2.44. The lowest BCUT2D eigenvalue weighted by Gasteiger charge is -2.34. The number of nitrogens with zero attached hydrogens (tertiary/aromatic N) is 2. The van der Waals surface area contributed by atoms with E-state index < -0.39 is 0 Å². The zero-order valence-electron chi connectivity index (χ0n) is 12.2.